The van der Waals surface area contributed by atoms with Crippen LogP contribution in [0.5, 0.6) is 0 Å². The normalized spacial score (nSPS) is 11.9. The van der Waals surface area contributed by atoms with Crippen LogP contribution in [0.25, 0.3) is 0 Å². The Morgan fingerprint density at radius 1 is 1.53 bits per heavy atom. The molecule has 0 bridgehead atoms. The van der Waals surface area contributed by atoms with Crippen LogP contribution in [0.1, 0.15) is 12.5 Å². The Bertz CT molecular complexity index is 434. The molecule has 0 heterocycles. The highest BCUT2D eigenvalue weighted by Gasteiger charge is 2.19. The van der Waals surface area contributed by atoms with Crippen molar-refractivity contribution in [2.45, 2.75) is 18.8 Å². The number of halogens is 1. The predicted molar refractivity (Wildman–Crippen MR) is 64.9 cm³/mol. The molecule has 0 aliphatic carbocycles. The van der Waals surface area contributed by atoms with Crippen molar-refractivity contribution < 1.29 is 9.72 Å². The van der Waals surface area contributed by atoms with E-state index in [0.717, 1.165) is 0 Å². The number of para-hydroxylation sites is 1. The summed E-state index contributed by atoms with van der Waals surface area (Å²) >= 11 is 5.67. The molecule has 0 saturated heterocycles. The van der Waals surface area contributed by atoms with Crippen molar-refractivity contribution in [3.63, 3.8) is 0 Å². The molecule has 1 aromatic rings. The highest BCUT2D eigenvalue weighted by molar-refractivity contribution is 6.30. The minimum atomic E-state index is -0.636. The van der Waals surface area contributed by atoms with E-state index in [9.17, 15) is 14.9 Å². The minimum Gasteiger partial charge on any atom is -0.340 e. The SMILES string of the molecule is CC(Cl)C(=O)N(C)Cc1ccccc1[N+](=O)[O-]. The Morgan fingerprint density at radius 2 is 2.12 bits per heavy atom. The van der Waals surface area contributed by atoms with Gasteiger partial charge in [-0.1, -0.05) is 18.2 Å². The second kappa shape index (κ2) is 5.63. The van der Waals surface area contributed by atoms with Crippen LogP contribution in [0.3, 0.4) is 0 Å². The zero-order valence-electron chi connectivity index (χ0n) is 9.59. The van der Waals surface area contributed by atoms with Gasteiger partial charge in [0.15, 0.2) is 0 Å². The first-order valence-electron chi connectivity index (χ1n) is 5.05. The quantitative estimate of drug-likeness (QED) is 0.471. The molecule has 0 N–H and O–H groups in total. The first-order valence-corrected chi connectivity index (χ1v) is 5.48. The van der Waals surface area contributed by atoms with Crippen molar-refractivity contribution in [3.05, 3.63) is 39.9 Å². The summed E-state index contributed by atoms with van der Waals surface area (Å²) in [6.45, 7) is 1.74. The Labute approximate surface area is 104 Å². The maximum atomic E-state index is 11.6. The van der Waals surface area contributed by atoms with E-state index < -0.39 is 10.3 Å². The number of nitro benzene ring substituents is 1. The van der Waals surface area contributed by atoms with Gasteiger partial charge < -0.3 is 4.90 Å². The van der Waals surface area contributed by atoms with Gasteiger partial charge in [-0.3, -0.25) is 14.9 Å². The molecule has 17 heavy (non-hydrogen) atoms. The molecule has 0 aliphatic rings. The van der Waals surface area contributed by atoms with E-state index in [-0.39, 0.29) is 18.1 Å². The van der Waals surface area contributed by atoms with E-state index in [0.29, 0.717) is 5.56 Å². The number of alkyl halides is 1. The largest absolute Gasteiger partial charge is 0.340 e. The molecule has 6 heteroatoms. The topological polar surface area (TPSA) is 63.5 Å². The van der Waals surface area contributed by atoms with Crippen molar-refractivity contribution in [1.82, 2.24) is 4.90 Å². The lowest BCUT2D eigenvalue weighted by Gasteiger charge is -2.18. The number of hydrogen-bond acceptors (Lipinski definition) is 3. The number of rotatable bonds is 4. The Morgan fingerprint density at radius 3 is 2.65 bits per heavy atom. The van der Waals surface area contributed by atoms with Crippen molar-refractivity contribution in [1.29, 1.82) is 0 Å². The van der Waals surface area contributed by atoms with Crippen molar-refractivity contribution in [3.8, 4) is 0 Å². The fourth-order valence-corrected chi connectivity index (χ4v) is 1.63. The number of benzene rings is 1. The van der Waals surface area contributed by atoms with E-state index in [1.54, 1.807) is 32.2 Å². The van der Waals surface area contributed by atoms with Crippen molar-refractivity contribution in [2.24, 2.45) is 0 Å². The average Bonchev–Trinajstić information content (AvgIpc) is 2.28. The van der Waals surface area contributed by atoms with Crippen LogP contribution in [-0.4, -0.2) is 28.2 Å². The number of hydrogen-bond donors (Lipinski definition) is 0. The van der Waals surface area contributed by atoms with Gasteiger partial charge in [-0.2, -0.15) is 0 Å². The number of nitro groups is 1. The fourth-order valence-electron chi connectivity index (χ4n) is 1.46. The maximum Gasteiger partial charge on any atom is 0.274 e. The van der Waals surface area contributed by atoms with E-state index >= 15 is 0 Å². The molecular formula is C11H13ClN2O3. The molecule has 1 atom stereocenters. The van der Waals surface area contributed by atoms with Gasteiger partial charge in [-0.15, -0.1) is 11.6 Å². The lowest BCUT2D eigenvalue weighted by molar-refractivity contribution is -0.385. The zero-order chi connectivity index (χ0) is 13.0. The lowest BCUT2D eigenvalue weighted by Crippen LogP contribution is -2.31. The molecule has 1 aromatic carbocycles. The molecule has 1 unspecified atom stereocenters. The van der Waals surface area contributed by atoms with E-state index in [1.165, 1.54) is 11.0 Å². The third-order valence-corrected chi connectivity index (χ3v) is 2.50. The second-order valence-electron chi connectivity index (χ2n) is 3.70. The van der Waals surface area contributed by atoms with Crippen LogP contribution < -0.4 is 0 Å². The summed E-state index contributed by atoms with van der Waals surface area (Å²) in [7, 11) is 1.57. The number of carbonyl (C=O) groups excluding carboxylic acids is 1. The van der Waals surface area contributed by atoms with Crippen LogP contribution >= 0.6 is 11.6 Å². The van der Waals surface area contributed by atoms with Crippen LogP contribution in [0, 0.1) is 10.1 Å². The molecule has 0 fully saturated rings. The van der Waals surface area contributed by atoms with Crippen LogP contribution in [0.15, 0.2) is 24.3 Å². The highest BCUT2D eigenvalue weighted by atomic mass is 35.5. The standard InChI is InChI=1S/C11H13ClN2O3/c1-8(12)11(15)13(2)7-9-5-3-4-6-10(9)14(16)17/h3-6,8H,7H2,1-2H3. The van der Waals surface area contributed by atoms with Gasteiger partial charge in [0.05, 0.1) is 11.5 Å². The molecule has 1 rings (SSSR count). The summed E-state index contributed by atoms with van der Waals surface area (Å²) in [5.74, 6) is -0.259. The lowest BCUT2D eigenvalue weighted by atomic mass is 10.1. The van der Waals surface area contributed by atoms with Gasteiger partial charge in [0.1, 0.15) is 5.38 Å². The average molecular weight is 257 g/mol. The van der Waals surface area contributed by atoms with E-state index in [1.807, 2.05) is 0 Å². The third kappa shape index (κ3) is 3.42. The summed E-state index contributed by atoms with van der Waals surface area (Å²) < 4.78 is 0. The van der Waals surface area contributed by atoms with E-state index in [2.05, 4.69) is 0 Å². The molecule has 1 amide bonds. The van der Waals surface area contributed by atoms with Crippen LogP contribution in [0.4, 0.5) is 5.69 Å². The Balaban J connectivity index is 2.88. The second-order valence-corrected chi connectivity index (χ2v) is 4.35. The number of carbonyl (C=O) groups is 1. The molecule has 92 valence electrons. The maximum absolute atomic E-state index is 11.6. The molecular weight excluding hydrogens is 244 g/mol. The van der Waals surface area contributed by atoms with Gasteiger partial charge >= 0.3 is 0 Å². The number of amides is 1. The summed E-state index contributed by atoms with van der Waals surface area (Å²) in [5.41, 5.74) is 0.500. The molecule has 0 saturated carbocycles. The summed E-state index contributed by atoms with van der Waals surface area (Å²) in [6.07, 6.45) is 0. The minimum absolute atomic E-state index is 0.00868. The monoisotopic (exact) mass is 256 g/mol. The van der Waals surface area contributed by atoms with E-state index in [4.69, 9.17) is 11.6 Å². The summed E-state index contributed by atoms with van der Waals surface area (Å²) in [4.78, 5) is 23.2. The Kier molecular flexibility index (Phi) is 4.45. The summed E-state index contributed by atoms with van der Waals surface area (Å²) in [6, 6.07) is 6.33. The van der Waals surface area contributed by atoms with Crippen LogP contribution in [-0.2, 0) is 11.3 Å². The number of nitrogens with zero attached hydrogens (tertiary/aromatic N) is 2. The highest BCUT2D eigenvalue weighted by Crippen LogP contribution is 2.19. The predicted octanol–water partition coefficient (Wildman–Crippen LogP) is 2.18. The molecule has 5 nitrogen and oxygen atoms in total. The van der Waals surface area contributed by atoms with Crippen molar-refractivity contribution >= 4 is 23.2 Å². The molecule has 0 aromatic heterocycles. The first-order chi connectivity index (χ1) is 7.93. The van der Waals surface area contributed by atoms with Gasteiger partial charge in [0.2, 0.25) is 5.91 Å². The van der Waals surface area contributed by atoms with Crippen molar-refractivity contribution in [2.75, 3.05) is 7.05 Å². The zero-order valence-corrected chi connectivity index (χ0v) is 10.3. The van der Waals surface area contributed by atoms with Gasteiger partial charge in [-0.25, -0.2) is 0 Å². The molecule has 0 spiro atoms. The molecule has 0 radical (unpaired) electrons. The smallest absolute Gasteiger partial charge is 0.274 e. The molecule has 0 aliphatic heterocycles. The van der Waals surface area contributed by atoms with Gasteiger partial charge in [-0.05, 0) is 6.92 Å². The van der Waals surface area contributed by atoms with Gasteiger partial charge in [0.25, 0.3) is 5.69 Å². The first kappa shape index (κ1) is 13.4. The third-order valence-electron chi connectivity index (χ3n) is 2.31. The Hall–Kier alpha value is -1.62. The fraction of sp³-hybridized carbons (Fsp3) is 0.364. The summed E-state index contributed by atoms with van der Waals surface area (Å²) in [5, 5.41) is 10.1. The van der Waals surface area contributed by atoms with Gasteiger partial charge in [0, 0.05) is 18.7 Å². The van der Waals surface area contributed by atoms with Crippen LogP contribution in [0.2, 0.25) is 0 Å².